The molecule has 0 unspecified atom stereocenters. The number of aromatic nitrogens is 2. The molecule has 5 aromatic rings. The third-order valence-electron chi connectivity index (χ3n) is 7.65. The summed E-state index contributed by atoms with van der Waals surface area (Å²) in [5, 5.41) is 3.46. The molecular formula is C34H28F3N5O3. The number of amides is 2. The highest BCUT2D eigenvalue weighted by atomic mass is 19.3. The normalized spacial score (nSPS) is 14.6. The van der Waals surface area contributed by atoms with Gasteiger partial charge in [-0.25, -0.2) is 18.2 Å². The molecular weight excluding hydrogens is 583 g/mol. The van der Waals surface area contributed by atoms with Gasteiger partial charge in [0.2, 0.25) is 5.91 Å². The number of nitrogens with two attached hydrogens (primary N) is 1. The van der Waals surface area contributed by atoms with Gasteiger partial charge in [0.05, 0.1) is 12.7 Å². The minimum atomic E-state index is -2.74. The number of halogens is 3. The molecule has 0 atom stereocenters. The Hall–Kier alpha value is -5.45. The molecule has 0 saturated carbocycles. The van der Waals surface area contributed by atoms with Crippen LogP contribution in [0, 0.1) is 5.82 Å². The van der Waals surface area contributed by atoms with Crippen molar-refractivity contribution >= 4 is 34.7 Å². The second-order valence-corrected chi connectivity index (χ2v) is 10.8. The van der Waals surface area contributed by atoms with Crippen LogP contribution in [0.4, 0.5) is 19.0 Å². The molecule has 1 fully saturated rings. The number of furan rings is 1. The summed E-state index contributed by atoms with van der Waals surface area (Å²) >= 11 is 0. The Morgan fingerprint density at radius 1 is 0.978 bits per heavy atom. The Bertz CT molecular complexity index is 1890. The minimum absolute atomic E-state index is 0.00470. The number of rotatable bonds is 7. The molecule has 3 aromatic heterocycles. The summed E-state index contributed by atoms with van der Waals surface area (Å²) in [5.74, 6) is -3.07. The Labute approximate surface area is 256 Å². The van der Waals surface area contributed by atoms with Crippen LogP contribution in [0.3, 0.4) is 0 Å². The Morgan fingerprint density at radius 2 is 1.76 bits per heavy atom. The van der Waals surface area contributed by atoms with Crippen LogP contribution in [0.15, 0.2) is 89.7 Å². The average Bonchev–Trinajstić information content (AvgIpc) is 3.46. The van der Waals surface area contributed by atoms with Crippen molar-refractivity contribution in [3.63, 3.8) is 0 Å². The number of piperidine rings is 1. The van der Waals surface area contributed by atoms with E-state index in [-0.39, 0.29) is 49.9 Å². The number of nitrogens with one attached hydrogen (secondary N) is 1. The highest BCUT2D eigenvalue weighted by Gasteiger charge is 2.35. The van der Waals surface area contributed by atoms with E-state index in [1.807, 2.05) is 6.07 Å². The van der Waals surface area contributed by atoms with Crippen LogP contribution in [0.2, 0.25) is 0 Å². The molecule has 1 aliphatic rings. The van der Waals surface area contributed by atoms with Crippen LogP contribution in [-0.4, -0.2) is 45.7 Å². The molecule has 1 aliphatic heterocycles. The molecule has 0 bridgehead atoms. The number of carbonyl (C=O) groups excluding carboxylic acids is 2. The summed E-state index contributed by atoms with van der Waals surface area (Å²) in [6.07, 6.45) is 6.46. The van der Waals surface area contributed by atoms with Gasteiger partial charge in [-0.15, -0.1) is 0 Å². The molecule has 45 heavy (non-hydrogen) atoms. The fraction of sp³-hybridized carbons (Fsp3) is 0.176. The van der Waals surface area contributed by atoms with E-state index in [2.05, 4.69) is 15.3 Å². The second kappa shape index (κ2) is 12.3. The molecule has 0 radical (unpaired) electrons. The minimum Gasteiger partial charge on any atom is -0.459 e. The Kier molecular flexibility index (Phi) is 8.08. The number of hydrogen-bond donors (Lipinski definition) is 2. The van der Waals surface area contributed by atoms with Gasteiger partial charge < -0.3 is 20.4 Å². The molecule has 228 valence electrons. The molecule has 3 N–H and O–H groups in total. The Balaban J connectivity index is 1.25. The largest absolute Gasteiger partial charge is 0.459 e. The molecule has 11 heteroatoms. The van der Waals surface area contributed by atoms with E-state index in [4.69, 9.17) is 10.2 Å². The van der Waals surface area contributed by atoms with Crippen LogP contribution in [-0.2, 0) is 11.3 Å². The molecule has 8 nitrogen and oxygen atoms in total. The third kappa shape index (κ3) is 6.72. The molecule has 6 rings (SSSR count). The summed E-state index contributed by atoms with van der Waals surface area (Å²) in [6.45, 7) is 0.0974. The number of anilines is 1. The van der Waals surface area contributed by atoms with Gasteiger partial charge in [0.15, 0.2) is 0 Å². The zero-order valence-electron chi connectivity index (χ0n) is 24.0. The smallest absolute Gasteiger partial charge is 0.253 e. The first-order chi connectivity index (χ1) is 21.6. The van der Waals surface area contributed by atoms with Crippen LogP contribution >= 0.6 is 0 Å². The first-order valence-electron chi connectivity index (χ1n) is 14.3. The van der Waals surface area contributed by atoms with Gasteiger partial charge in [0.1, 0.15) is 23.0 Å². The summed E-state index contributed by atoms with van der Waals surface area (Å²) < 4.78 is 48.2. The summed E-state index contributed by atoms with van der Waals surface area (Å²) in [4.78, 5) is 34.7. The number of nitrogens with zero attached hydrogens (tertiary/aromatic N) is 3. The maximum Gasteiger partial charge on any atom is 0.253 e. The highest BCUT2D eigenvalue weighted by molar-refractivity contribution is 5.98. The van der Waals surface area contributed by atoms with E-state index in [0.29, 0.717) is 39.2 Å². The van der Waals surface area contributed by atoms with E-state index in [0.717, 1.165) is 17.3 Å². The van der Waals surface area contributed by atoms with E-state index < -0.39 is 11.7 Å². The number of benzene rings is 2. The van der Waals surface area contributed by atoms with Crippen molar-refractivity contribution in [1.82, 2.24) is 20.2 Å². The predicted octanol–water partition coefficient (Wildman–Crippen LogP) is 6.48. The zero-order valence-corrected chi connectivity index (χ0v) is 24.0. The molecule has 4 heterocycles. The molecule has 2 amide bonds. The Morgan fingerprint density at radius 3 is 2.47 bits per heavy atom. The number of nitrogen functional groups attached to an aromatic ring is 1. The summed E-state index contributed by atoms with van der Waals surface area (Å²) in [7, 11) is 0. The molecule has 2 aromatic carbocycles. The summed E-state index contributed by atoms with van der Waals surface area (Å²) in [6, 6.07) is 17.2. The number of hydrogen-bond acceptors (Lipinski definition) is 6. The van der Waals surface area contributed by atoms with Crippen molar-refractivity contribution in [2.24, 2.45) is 0 Å². The lowest BCUT2D eigenvalue weighted by atomic mass is 9.96. The van der Waals surface area contributed by atoms with Crippen LogP contribution in [0.1, 0.15) is 34.5 Å². The molecule has 0 aliphatic carbocycles. The number of fused-ring (bicyclic) bond motifs is 1. The van der Waals surface area contributed by atoms with E-state index in [1.54, 1.807) is 66.9 Å². The van der Waals surface area contributed by atoms with Gasteiger partial charge in [-0.1, -0.05) is 12.1 Å². The topological polar surface area (TPSA) is 114 Å². The first kappa shape index (κ1) is 29.6. The van der Waals surface area contributed by atoms with Gasteiger partial charge in [0.25, 0.3) is 11.8 Å². The van der Waals surface area contributed by atoms with Gasteiger partial charge in [-0.05, 0) is 71.3 Å². The van der Waals surface area contributed by atoms with Crippen molar-refractivity contribution in [3.05, 3.63) is 108 Å². The fourth-order valence-electron chi connectivity index (χ4n) is 5.20. The van der Waals surface area contributed by atoms with E-state index >= 15 is 0 Å². The lowest BCUT2D eigenvalue weighted by molar-refractivity contribution is -0.116. The summed E-state index contributed by atoms with van der Waals surface area (Å²) in [5.41, 5.74) is 9.41. The number of alkyl halides is 2. The first-order valence-corrected chi connectivity index (χ1v) is 14.3. The number of carbonyl (C=O) groups is 2. The second-order valence-electron chi connectivity index (χ2n) is 10.8. The maximum absolute atomic E-state index is 14.9. The molecule has 1 saturated heterocycles. The predicted molar refractivity (Wildman–Crippen MR) is 164 cm³/mol. The monoisotopic (exact) mass is 611 g/mol. The van der Waals surface area contributed by atoms with Crippen molar-refractivity contribution in [1.29, 1.82) is 0 Å². The third-order valence-corrected chi connectivity index (χ3v) is 7.65. The quantitative estimate of drug-likeness (QED) is 0.204. The van der Waals surface area contributed by atoms with Crippen molar-refractivity contribution in [2.75, 3.05) is 18.8 Å². The van der Waals surface area contributed by atoms with E-state index in [9.17, 15) is 22.8 Å². The van der Waals surface area contributed by atoms with Crippen LogP contribution in [0.25, 0.3) is 39.3 Å². The number of likely N-dealkylation sites (tertiary alicyclic amines) is 1. The van der Waals surface area contributed by atoms with E-state index in [1.165, 1.54) is 17.2 Å². The standard InChI is InChI=1S/C34H28F3N5O3/c35-29-20-39-12-9-27(29)28-17-24(22-3-5-23(6-4-22)33(44)42-13-10-34(36,37)11-14-42)15-25-16-26(45-32(25)28)19-41-31(43)8-2-21-1-7-30(38)40-18-21/h1-9,12,15-18,20H,10-11,13-14,19H2,(H2,38,40)(H,41,43). The van der Waals surface area contributed by atoms with Crippen molar-refractivity contribution in [3.8, 4) is 22.3 Å². The fourth-order valence-corrected chi connectivity index (χ4v) is 5.20. The average molecular weight is 612 g/mol. The van der Waals surface area contributed by atoms with Crippen molar-refractivity contribution in [2.45, 2.75) is 25.3 Å². The lowest BCUT2D eigenvalue weighted by Gasteiger charge is -2.31. The van der Waals surface area contributed by atoms with Gasteiger partial charge in [0, 0.05) is 66.5 Å². The van der Waals surface area contributed by atoms with Gasteiger partial charge >= 0.3 is 0 Å². The highest BCUT2D eigenvalue weighted by Crippen LogP contribution is 2.37. The van der Waals surface area contributed by atoms with Gasteiger partial charge in [-0.2, -0.15) is 0 Å². The lowest BCUT2D eigenvalue weighted by Crippen LogP contribution is -2.42. The molecule has 0 spiro atoms. The maximum atomic E-state index is 14.9. The van der Waals surface area contributed by atoms with Crippen LogP contribution in [0.5, 0.6) is 0 Å². The number of pyridine rings is 2. The van der Waals surface area contributed by atoms with Gasteiger partial charge in [-0.3, -0.25) is 14.6 Å². The zero-order chi connectivity index (χ0) is 31.6. The SMILES string of the molecule is Nc1ccc(C=CC(=O)NCc2cc3cc(-c4ccc(C(=O)N5CCC(F)(F)CC5)cc4)cc(-c4ccncc4F)c3o2)cn1. The van der Waals surface area contributed by atoms with Crippen molar-refractivity contribution < 1.29 is 27.2 Å². The van der Waals surface area contributed by atoms with Crippen LogP contribution < -0.4 is 11.1 Å².